The number of hydrogen-bond acceptors (Lipinski definition) is 3. The predicted molar refractivity (Wildman–Crippen MR) is 67.3 cm³/mol. The van der Waals surface area contributed by atoms with Crippen LogP contribution in [0, 0.1) is 0 Å². The molecule has 0 unspecified atom stereocenters. The Balaban J connectivity index is 2.50. The second-order valence-electron chi connectivity index (χ2n) is 2.97. The molecule has 1 heterocycles. The Morgan fingerprint density at radius 1 is 1.07 bits per heavy atom. The molecule has 2 aromatic rings. The van der Waals surface area contributed by atoms with Crippen LogP contribution in [0.3, 0.4) is 0 Å². The number of anilines is 1. The smallest absolute Gasteiger partial charge is 0.160 e. The van der Waals surface area contributed by atoms with Crippen LogP contribution >= 0.6 is 31.9 Å². The number of aromatic nitrogens is 2. The van der Waals surface area contributed by atoms with Crippen LogP contribution in [-0.2, 0) is 0 Å². The largest absolute Gasteiger partial charge is 0.381 e. The molecule has 0 bridgehead atoms. The lowest BCUT2D eigenvalue weighted by Gasteiger charge is -2.02. The highest BCUT2D eigenvalue weighted by molar-refractivity contribution is 9.10. The first-order valence-electron chi connectivity index (χ1n) is 4.21. The number of benzene rings is 1. The lowest BCUT2D eigenvalue weighted by molar-refractivity contribution is 1.04. The fourth-order valence-corrected chi connectivity index (χ4v) is 1.86. The van der Waals surface area contributed by atoms with Gasteiger partial charge in [-0.05, 0) is 34.1 Å². The number of rotatable bonds is 1. The third kappa shape index (κ3) is 2.35. The van der Waals surface area contributed by atoms with E-state index in [0.29, 0.717) is 5.82 Å². The van der Waals surface area contributed by atoms with Gasteiger partial charge in [-0.25, -0.2) is 0 Å². The Morgan fingerprint density at radius 2 is 1.87 bits per heavy atom. The van der Waals surface area contributed by atoms with Gasteiger partial charge in [-0.15, -0.1) is 10.2 Å². The molecule has 0 fully saturated rings. The fourth-order valence-electron chi connectivity index (χ4n) is 1.17. The molecule has 0 aliphatic carbocycles. The van der Waals surface area contributed by atoms with Crippen molar-refractivity contribution in [1.29, 1.82) is 0 Å². The minimum absolute atomic E-state index is 0.397. The van der Waals surface area contributed by atoms with E-state index >= 15 is 0 Å². The summed E-state index contributed by atoms with van der Waals surface area (Å²) in [5.74, 6) is 0.397. The maximum absolute atomic E-state index is 5.57. The van der Waals surface area contributed by atoms with Crippen molar-refractivity contribution in [3.05, 3.63) is 39.3 Å². The van der Waals surface area contributed by atoms with E-state index in [2.05, 4.69) is 42.1 Å². The van der Waals surface area contributed by atoms with E-state index in [9.17, 15) is 0 Å². The molecular formula is C10H7Br2N3. The van der Waals surface area contributed by atoms with Gasteiger partial charge in [0.05, 0.1) is 10.2 Å². The van der Waals surface area contributed by atoms with Crippen LogP contribution < -0.4 is 5.73 Å². The van der Waals surface area contributed by atoms with E-state index in [4.69, 9.17) is 5.73 Å². The van der Waals surface area contributed by atoms with Crippen molar-refractivity contribution < 1.29 is 0 Å². The van der Waals surface area contributed by atoms with Gasteiger partial charge >= 0.3 is 0 Å². The first-order chi connectivity index (χ1) is 7.16. The lowest BCUT2D eigenvalue weighted by atomic mass is 10.1. The number of nitrogens with two attached hydrogens (primary N) is 1. The first kappa shape index (κ1) is 10.6. The fraction of sp³-hybridized carbons (Fsp3) is 0. The molecule has 0 radical (unpaired) electrons. The number of nitrogens with zero attached hydrogens (tertiary/aromatic N) is 2. The van der Waals surface area contributed by atoms with Gasteiger partial charge in [0.2, 0.25) is 0 Å². The summed E-state index contributed by atoms with van der Waals surface area (Å²) < 4.78 is 1.77. The molecule has 0 spiro atoms. The molecule has 0 aliphatic rings. The molecule has 15 heavy (non-hydrogen) atoms. The van der Waals surface area contributed by atoms with E-state index in [1.807, 2.05) is 30.3 Å². The van der Waals surface area contributed by atoms with Crippen molar-refractivity contribution >= 4 is 37.7 Å². The Hall–Kier alpha value is -0.940. The van der Waals surface area contributed by atoms with Crippen molar-refractivity contribution in [3.63, 3.8) is 0 Å². The zero-order chi connectivity index (χ0) is 10.8. The van der Waals surface area contributed by atoms with E-state index in [1.165, 1.54) is 0 Å². The van der Waals surface area contributed by atoms with Crippen LogP contribution in [0.15, 0.2) is 39.3 Å². The third-order valence-electron chi connectivity index (χ3n) is 1.89. The molecule has 3 nitrogen and oxygen atoms in total. The second-order valence-corrected chi connectivity index (χ2v) is 4.74. The molecule has 1 aromatic heterocycles. The van der Waals surface area contributed by atoms with Gasteiger partial charge in [0, 0.05) is 10.0 Å². The third-order valence-corrected chi connectivity index (χ3v) is 3.02. The van der Waals surface area contributed by atoms with Gasteiger partial charge in [-0.1, -0.05) is 28.1 Å². The zero-order valence-electron chi connectivity index (χ0n) is 7.61. The number of nitrogen functional groups attached to an aromatic ring is 1. The average molecular weight is 329 g/mol. The highest BCUT2D eigenvalue weighted by atomic mass is 79.9. The highest BCUT2D eigenvalue weighted by Crippen LogP contribution is 2.25. The Bertz CT molecular complexity index is 500. The normalized spacial score (nSPS) is 10.3. The molecule has 0 aliphatic heterocycles. The molecular weight excluding hydrogens is 322 g/mol. The lowest BCUT2D eigenvalue weighted by Crippen LogP contribution is -1.95. The van der Waals surface area contributed by atoms with Crippen molar-refractivity contribution in [2.75, 3.05) is 5.73 Å². The maximum atomic E-state index is 5.57. The van der Waals surface area contributed by atoms with E-state index in [1.54, 1.807) is 0 Å². The van der Waals surface area contributed by atoms with Gasteiger partial charge in [-0.3, -0.25) is 0 Å². The van der Waals surface area contributed by atoms with Crippen molar-refractivity contribution in [3.8, 4) is 11.3 Å². The van der Waals surface area contributed by atoms with Crippen LogP contribution in [0.5, 0.6) is 0 Å². The van der Waals surface area contributed by atoms with Gasteiger partial charge in [0.25, 0.3) is 0 Å². The van der Waals surface area contributed by atoms with E-state index in [-0.39, 0.29) is 0 Å². The highest BCUT2D eigenvalue weighted by Gasteiger charge is 2.04. The second kappa shape index (κ2) is 4.28. The summed E-state index contributed by atoms with van der Waals surface area (Å²) in [5, 5.41) is 7.87. The molecule has 2 rings (SSSR count). The summed E-state index contributed by atoms with van der Waals surface area (Å²) in [6, 6.07) is 9.71. The van der Waals surface area contributed by atoms with Crippen LogP contribution in [0.25, 0.3) is 11.3 Å². The molecule has 76 valence electrons. The minimum atomic E-state index is 0.397. The average Bonchev–Trinajstić information content (AvgIpc) is 2.22. The summed E-state index contributed by atoms with van der Waals surface area (Å²) >= 11 is 6.73. The molecule has 2 N–H and O–H groups in total. The van der Waals surface area contributed by atoms with Crippen molar-refractivity contribution in [2.45, 2.75) is 0 Å². The van der Waals surface area contributed by atoms with Gasteiger partial charge < -0.3 is 5.73 Å². The van der Waals surface area contributed by atoms with Gasteiger partial charge in [-0.2, -0.15) is 0 Å². The van der Waals surface area contributed by atoms with E-state index < -0.39 is 0 Å². The Morgan fingerprint density at radius 3 is 2.53 bits per heavy atom. The quantitative estimate of drug-likeness (QED) is 0.874. The molecule has 5 heteroatoms. The zero-order valence-corrected chi connectivity index (χ0v) is 10.8. The predicted octanol–water partition coefficient (Wildman–Crippen LogP) is 3.25. The SMILES string of the molecule is Nc1nnc(-c2cccc(Br)c2)cc1Br. The standard InChI is InChI=1S/C10H7Br2N3/c11-7-3-1-2-6(4-7)9-5-8(12)10(13)15-14-9/h1-5H,(H2,13,15). The van der Waals surface area contributed by atoms with Crippen LogP contribution in [-0.4, -0.2) is 10.2 Å². The first-order valence-corrected chi connectivity index (χ1v) is 5.80. The molecule has 1 aromatic carbocycles. The van der Waals surface area contributed by atoms with Gasteiger partial charge in [0.15, 0.2) is 5.82 Å². The molecule has 0 amide bonds. The summed E-state index contributed by atoms with van der Waals surface area (Å²) in [7, 11) is 0. The monoisotopic (exact) mass is 327 g/mol. The summed E-state index contributed by atoms with van der Waals surface area (Å²) in [6.07, 6.45) is 0. The number of halogens is 2. The molecule has 0 saturated heterocycles. The van der Waals surface area contributed by atoms with Crippen LogP contribution in [0.1, 0.15) is 0 Å². The summed E-state index contributed by atoms with van der Waals surface area (Å²) in [4.78, 5) is 0. The van der Waals surface area contributed by atoms with Crippen LogP contribution in [0.4, 0.5) is 5.82 Å². The summed E-state index contributed by atoms with van der Waals surface area (Å²) in [5.41, 5.74) is 7.35. The van der Waals surface area contributed by atoms with Gasteiger partial charge in [0.1, 0.15) is 0 Å². The van der Waals surface area contributed by atoms with Crippen molar-refractivity contribution in [1.82, 2.24) is 10.2 Å². The Kier molecular flexibility index (Phi) is 3.02. The van der Waals surface area contributed by atoms with Crippen molar-refractivity contribution in [2.24, 2.45) is 0 Å². The molecule has 0 saturated carbocycles. The molecule has 0 atom stereocenters. The van der Waals surface area contributed by atoms with E-state index in [0.717, 1.165) is 20.2 Å². The summed E-state index contributed by atoms with van der Waals surface area (Å²) in [6.45, 7) is 0. The maximum Gasteiger partial charge on any atom is 0.160 e. The number of hydrogen-bond donors (Lipinski definition) is 1. The topological polar surface area (TPSA) is 51.8 Å². The van der Waals surface area contributed by atoms with Crippen LogP contribution in [0.2, 0.25) is 0 Å². The Labute approximate surface area is 104 Å². The minimum Gasteiger partial charge on any atom is -0.381 e.